The zero-order valence-corrected chi connectivity index (χ0v) is 14.5. The van der Waals surface area contributed by atoms with E-state index in [9.17, 15) is 9.59 Å². The van der Waals surface area contributed by atoms with Crippen molar-refractivity contribution in [2.75, 3.05) is 25.6 Å². The lowest BCUT2D eigenvalue weighted by molar-refractivity contribution is -0.117. The number of amides is 2. The lowest BCUT2D eigenvalue weighted by Crippen LogP contribution is -2.28. The summed E-state index contributed by atoms with van der Waals surface area (Å²) in [6.07, 6.45) is 0. The summed E-state index contributed by atoms with van der Waals surface area (Å²) < 4.78 is 4.87. The predicted molar refractivity (Wildman–Crippen MR) is 97.7 cm³/mol. The smallest absolute Gasteiger partial charge is 0.252 e. The maximum Gasteiger partial charge on any atom is 0.252 e. The van der Waals surface area contributed by atoms with Gasteiger partial charge in [-0.3, -0.25) is 9.59 Å². The van der Waals surface area contributed by atoms with Crippen LogP contribution in [0.4, 0.5) is 5.69 Å². The molecule has 0 radical (unpaired) electrons. The van der Waals surface area contributed by atoms with Crippen LogP contribution in [0, 0.1) is 0 Å². The van der Waals surface area contributed by atoms with Crippen LogP contribution in [0.5, 0.6) is 0 Å². The van der Waals surface area contributed by atoms with Crippen LogP contribution in [0.2, 0.25) is 5.02 Å². The van der Waals surface area contributed by atoms with E-state index in [0.717, 1.165) is 0 Å². The number of methoxy groups -OCH3 is 1. The van der Waals surface area contributed by atoms with E-state index in [2.05, 4.69) is 10.6 Å². The number of halogens is 1. The van der Waals surface area contributed by atoms with E-state index in [1.807, 2.05) is 18.2 Å². The molecule has 2 aromatic carbocycles. The van der Waals surface area contributed by atoms with Crippen LogP contribution in [-0.4, -0.2) is 32.1 Å². The van der Waals surface area contributed by atoms with Crippen LogP contribution < -0.4 is 16.4 Å². The highest BCUT2D eigenvalue weighted by Gasteiger charge is 2.17. The van der Waals surface area contributed by atoms with Crippen molar-refractivity contribution in [3.63, 3.8) is 0 Å². The molecule has 0 spiro atoms. The molecule has 0 aliphatic rings. The summed E-state index contributed by atoms with van der Waals surface area (Å²) in [5, 5.41) is 5.62. The van der Waals surface area contributed by atoms with Crippen molar-refractivity contribution in [2.45, 2.75) is 6.04 Å². The first-order chi connectivity index (χ1) is 12.0. The van der Waals surface area contributed by atoms with E-state index < -0.39 is 6.04 Å². The number of hydrogen-bond donors (Lipinski definition) is 3. The lowest BCUT2D eigenvalue weighted by atomic mass is 10.1. The summed E-state index contributed by atoms with van der Waals surface area (Å²) >= 11 is 6.14. The number of hydrogen-bond acceptors (Lipinski definition) is 4. The second-order valence-electron chi connectivity index (χ2n) is 5.32. The first-order valence-electron chi connectivity index (χ1n) is 7.71. The third-order valence-corrected chi connectivity index (χ3v) is 3.83. The Morgan fingerprint density at radius 3 is 2.56 bits per heavy atom. The second kappa shape index (κ2) is 9.17. The molecule has 2 aromatic rings. The van der Waals surface area contributed by atoms with Gasteiger partial charge in [0.15, 0.2) is 0 Å². The SMILES string of the molecule is COCCNC(=O)c1ccc(NC(=O)C(N)c2ccccc2)cc1Cl. The minimum atomic E-state index is -0.794. The summed E-state index contributed by atoms with van der Waals surface area (Å²) in [5.41, 5.74) is 7.45. The van der Waals surface area contributed by atoms with Crippen molar-refractivity contribution in [2.24, 2.45) is 5.73 Å². The van der Waals surface area contributed by atoms with Gasteiger partial charge in [0.05, 0.1) is 17.2 Å². The molecule has 0 aliphatic carbocycles. The van der Waals surface area contributed by atoms with Gasteiger partial charge in [0.1, 0.15) is 6.04 Å². The quantitative estimate of drug-likeness (QED) is 0.660. The van der Waals surface area contributed by atoms with Crippen LogP contribution >= 0.6 is 11.6 Å². The van der Waals surface area contributed by atoms with Crippen LogP contribution in [0.15, 0.2) is 48.5 Å². The maximum atomic E-state index is 12.2. The van der Waals surface area contributed by atoms with E-state index in [1.54, 1.807) is 31.4 Å². The standard InChI is InChI=1S/C18H20ClN3O3/c1-25-10-9-21-17(23)14-8-7-13(11-15(14)19)22-18(24)16(20)12-5-3-2-4-6-12/h2-8,11,16H,9-10,20H2,1H3,(H,21,23)(H,22,24). The molecule has 0 saturated heterocycles. The van der Waals surface area contributed by atoms with Gasteiger partial charge in [-0.2, -0.15) is 0 Å². The Bertz CT molecular complexity index is 738. The predicted octanol–water partition coefficient (Wildman–Crippen LogP) is 2.35. The fourth-order valence-corrected chi connectivity index (χ4v) is 2.44. The Morgan fingerprint density at radius 1 is 1.20 bits per heavy atom. The second-order valence-corrected chi connectivity index (χ2v) is 5.73. The van der Waals surface area contributed by atoms with Crippen molar-refractivity contribution in [1.29, 1.82) is 0 Å². The van der Waals surface area contributed by atoms with Crippen molar-refractivity contribution >= 4 is 29.1 Å². The number of carbonyl (C=O) groups is 2. The van der Waals surface area contributed by atoms with Crippen molar-refractivity contribution in [3.8, 4) is 0 Å². The monoisotopic (exact) mass is 361 g/mol. The Labute approximate surface area is 151 Å². The molecular weight excluding hydrogens is 342 g/mol. The van der Waals surface area contributed by atoms with Crippen molar-refractivity contribution in [1.82, 2.24) is 5.32 Å². The maximum absolute atomic E-state index is 12.2. The highest BCUT2D eigenvalue weighted by atomic mass is 35.5. The summed E-state index contributed by atoms with van der Waals surface area (Å²) in [7, 11) is 1.55. The molecule has 132 valence electrons. The largest absolute Gasteiger partial charge is 0.383 e. The van der Waals surface area contributed by atoms with Gasteiger partial charge < -0.3 is 21.1 Å². The molecule has 0 bridgehead atoms. The van der Waals surface area contributed by atoms with Crippen LogP contribution in [0.1, 0.15) is 22.0 Å². The van der Waals surface area contributed by atoms with E-state index in [-0.39, 0.29) is 16.8 Å². The van der Waals surface area contributed by atoms with Gasteiger partial charge in [-0.25, -0.2) is 0 Å². The van der Waals surface area contributed by atoms with Gasteiger partial charge in [0, 0.05) is 19.3 Å². The van der Waals surface area contributed by atoms with Crippen LogP contribution in [0.25, 0.3) is 0 Å². The van der Waals surface area contributed by atoms with Gasteiger partial charge in [0.2, 0.25) is 5.91 Å². The number of carbonyl (C=O) groups excluding carboxylic acids is 2. The highest BCUT2D eigenvalue weighted by Crippen LogP contribution is 2.22. The zero-order valence-electron chi connectivity index (χ0n) is 13.8. The highest BCUT2D eigenvalue weighted by molar-refractivity contribution is 6.34. The number of nitrogens with two attached hydrogens (primary N) is 1. The summed E-state index contributed by atoms with van der Waals surface area (Å²) in [6.45, 7) is 0.797. The third-order valence-electron chi connectivity index (χ3n) is 3.51. The number of rotatable bonds is 7. The molecule has 0 fully saturated rings. The van der Waals surface area contributed by atoms with E-state index >= 15 is 0 Å². The first kappa shape index (κ1) is 18.9. The zero-order chi connectivity index (χ0) is 18.2. The molecule has 7 heteroatoms. The molecule has 1 unspecified atom stereocenters. The molecule has 0 aliphatic heterocycles. The van der Waals surface area contributed by atoms with Gasteiger partial charge in [-0.15, -0.1) is 0 Å². The van der Waals surface area contributed by atoms with Gasteiger partial charge >= 0.3 is 0 Å². The number of ether oxygens (including phenoxy) is 1. The van der Waals surface area contributed by atoms with Crippen molar-refractivity contribution in [3.05, 3.63) is 64.7 Å². The van der Waals surface area contributed by atoms with E-state index in [0.29, 0.717) is 30.0 Å². The normalized spacial score (nSPS) is 11.6. The molecule has 0 aromatic heterocycles. The average molecular weight is 362 g/mol. The average Bonchev–Trinajstić information content (AvgIpc) is 2.62. The third kappa shape index (κ3) is 5.29. The molecule has 25 heavy (non-hydrogen) atoms. The molecule has 1 atom stereocenters. The van der Waals surface area contributed by atoms with Gasteiger partial charge in [-0.05, 0) is 23.8 Å². The molecule has 2 rings (SSSR count). The minimum Gasteiger partial charge on any atom is -0.383 e. The molecule has 0 heterocycles. The van der Waals surface area contributed by atoms with Crippen LogP contribution in [0.3, 0.4) is 0 Å². The summed E-state index contributed by atoms with van der Waals surface area (Å²) in [5.74, 6) is -0.666. The lowest BCUT2D eigenvalue weighted by Gasteiger charge is -2.13. The molecule has 0 saturated carbocycles. The Morgan fingerprint density at radius 2 is 1.92 bits per heavy atom. The molecular formula is C18H20ClN3O3. The van der Waals surface area contributed by atoms with Gasteiger partial charge in [0.25, 0.3) is 5.91 Å². The minimum absolute atomic E-state index is 0.237. The Hall–Kier alpha value is -2.41. The van der Waals surface area contributed by atoms with E-state index in [4.69, 9.17) is 22.1 Å². The molecule has 6 nitrogen and oxygen atoms in total. The van der Waals surface area contributed by atoms with E-state index in [1.165, 1.54) is 6.07 Å². The number of nitrogens with one attached hydrogen (secondary N) is 2. The Balaban J connectivity index is 2.02. The summed E-state index contributed by atoms with van der Waals surface area (Å²) in [4.78, 5) is 24.3. The number of benzene rings is 2. The molecule has 2 amide bonds. The van der Waals surface area contributed by atoms with Crippen LogP contribution in [-0.2, 0) is 9.53 Å². The molecule has 4 N–H and O–H groups in total. The fraction of sp³-hybridized carbons (Fsp3) is 0.222. The topological polar surface area (TPSA) is 93.5 Å². The number of anilines is 1. The van der Waals surface area contributed by atoms with Crippen molar-refractivity contribution < 1.29 is 14.3 Å². The Kier molecular flexibility index (Phi) is 6.94. The first-order valence-corrected chi connectivity index (χ1v) is 8.09. The van der Waals surface area contributed by atoms with Gasteiger partial charge in [-0.1, -0.05) is 41.9 Å². The summed E-state index contributed by atoms with van der Waals surface area (Å²) in [6, 6.07) is 12.9. The fourth-order valence-electron chi connectivity index (χ4n) is 2.17.